The van der Waals surface area contributed by atoms with E-state index in [0.717, 1.165) is 21.6 Å². The molecule has 0 aliphatic rings. The molecule has 0 radical (unpaired) electrons. The van der Waals surface area contributed by atoms with Gasteiger partial charge in [0.2, 0.25) is 0 Å². The first-order valence-corrected chi connectivity index (χ1v) is 6.87. The van der Waals surface area contributed by atoms with Crippen molar-refractivity contribution >= 4 is 27.2 Å². The fraction of sp³-hybridized carbons (Fsp3) is 0.133. The van der Waals surface area contributed by atoms with Crippen LogP contribution in [0.25, 0.3) is 15.9 Å². The lowest BCUT2D eigenvalue weighted by atomic mass is 10.2. The number of fused-ring (bicyclic) bond motifs is 1. The van der Waals surface area contributed by atoms with E-state index in [0.29, 0.717) is 0 Å². The molecule has 0 fully saturated rings. The molecular formula is C15H14N2OS. The molecular weight excluding hydrogens is 256 g/mol. The van der Waals surface area contributed by atoms with Crippen molar-refractivity contribution in [3.8, 4) is 5.69 Å². The Morgan fingerprint density at radius 1 is 1.00 bits per heavy atom. The molecule has 0 spiro atoms. The maximum absolute atomic E-state index is 12.1. The summed E-state index contributed by atoms with van der Waals surface area (Å²) >= 11 is 1.28. The molecule has 0 aliphatic carbocycles. The van der Waals surface area contributed by atoms with E-state index >= 15 is 0 Å². The van der Waals surface area contributed by atoms with Gasteiger partial charge in [-0.2, -0.15) is 0 Å². The van der Waals surface area contributed by atoms with Crippen LogP contribution in [0.5, 0.6) is 0 Å². The highest BCUT2D eigenvalue weighted by Crippen LogP contribution is 2.22. The molecule has 0 N–H and O–H groups in total. The van der Waals surface area contributed by atoms with Crippen molar-refractivity contribution in [3.05, 3.63) is 58.2 Å². The van der Waals surface area contributed by atoms with Gasteiger partial charge in [-0.05, 0) is 36.4 Å². The zero-order valence-electron chi connectivity index (χ0n) is 10.8. The number of benzene rings is 2. The van der Waals surface area contributed by atoms with Gasteiger partial charge in [0.1, 0.15) is 0 Å². The van der Waals surface area contributed by atoms with Crippen LogP contribution in [0, 0.1) is 0 Å². The van der Waals surface area contributed by atoms with Crippen LogP contribution in [0.3, 0.4) is 0 Å². The third-order valence-electron chi connectivity index (χ3n) is 3.11. The Hall–Kier alpha value is -2.07. The fourth-order valence-corrected chi connectivity index (χ4v) is 3.00. The van der Waals surface area contributed by atoms with E-state index in [4.69, 9.17) is 0 Å². The van der Waals surface area contributed by atoms with Crippen LogP contribution in [0.2, 0.25) is 0 Å². The largest absolute Gasteiger partial charge is 0.378 e. The summed E-state index contributed by atoms with van der Waals surface area (Å²) in [6, 6.07) is 15.9. The van der Waals surface area contributed by atoms with Crippen LogP contribution >= 0.6 is 11.3 Å². The Kier molecular flexibility index (Phi) is 2.87. The summed E-state index contributed by atoms with van der Waals surface area (Å²) in [4.78, 5) is 14.2. The van der Waals surface area contributed by atoms with Crippen molar-refractivity contribution in [2.75, 3.05) is 19.0 Å². The molecule has 19 heavy (non-hydrogen) atoms. The average molecular weight is 270 g/mol. The zero-order valence-corrected chi connectivity index (χ0v) is 11.6. The Labute approximate surface area is 115 Å². The topological polar surface area (TPSA) is 25.2 Å². The minimum absolute atomic E-state index is 0.0544. The number of anilines is 1. The second-order valence-corrected chi connectivity index (χ2v) is 5.58. The van der Waals surface area contributed by atoms with E-state index in [9.17, 15) is 4.79 Å². The summed E-state index contributed by atoms with van der Waals surface area (Å²) < 4.78 is 2.78. The lowest BCUT2D eigenvalue weighted by Gasteiger charge is -2.13. The lowest BCUT2D eigenvalue weighted by molar-refractivity contribution is 1.08. The summed E-state index contributed by atoms with van der Waals surface area (Å²) in [5.41, 5.74) is 3.00. The molecule has 4 heteroatoms. The van der Waals surface area contributed by atoms with Gasteiger partial charge in [-0.3, -0.25) is 9.36 Å². The number of nitrogens with zero attached hydrogens (tertiary/aromatic N) is 2. The molecule has 0 saturated heterocycles. The Bertz CT molecular complexity index is 769. The molecule has 2 aromatic carbocycles. The second-order valence-electron chi connectivity index (χ2n) is 4.58. The van der Waals surface area contributed by atoms with Crippen molar-refractivity contribution in [1.82, 2.24) is 4.57 Å². The number of para-hydroxylation sites is 1. The van der Waals surface area contributed by atoms with Crippen LogP contribution in [0.15, 0.2) is 53.3 Å². The number of aromatic nitrogens is 1. The van der Waals surface area contributed by atoms with E-state index in [1.165, 1.54) is 11.3 Å². The van der Waals surface area contributed by atoms with Gasteiger partial charge in [0, 0.05) is 19.8 Å². The van der Waals surface area contributed by atoms with Gasteiger partial charge in [-0.1, -0.05) is 23.5 Å². The molecule has 1 aromatic heterocycles. The van der Waals surface area contributed by atoms with Crippen LogP contribution in [0.1, 0.15) is 0 Å². The number of hydrogen-bond acceptors (Lipinski definition) is 3. The number of rotatable bonds is 2. The molecule has 1 heterocycles. The van der Waals surface area contributed by atoms with Crippen molar-refractivity contribution in [1.29, 1.82) is 0 Å². The summed E-state index contributed by atoms with van der Waals surface area (Å²) in [6.07, 6.45) is 0. The number of hydrogen-bond donors (Lipinski definition) is 0. The smallest absolute Gasteiger partial charge is 0.312 e. The van der Waals surface area contributed by atoms with Crippen LogP contribution in [-0.4, -0.2) is 18.7 Å². The van der Waals surface area contributed by atoms with E-state index < -0.39 is 0 Å². The Morgan fingerprint density at radius 3 is 2.37 bits per heavy atom. The standard InChI is InChI=1S/C15H14N2OS/c1-16(2)11-7-9-12(10-8-11)17-13-5-3-4-6-14(13)19-15(17)18/h3-10H,1-2H3. The first kappa shape index (κ1) is 12.0. The summed E-state index contributed by atoms with van der Waals surface area (Å²) in [5.74, 6) is 0. The Morgan fingerprint density at radius 2 is 1.68 bits per heavy atom. The highest BCUT2D eigenvalue weighted by Gasteiger charge is 2.08. The highest BCUT2D eigenvalue weighted by molar-refractivity contribution is 7.16. The third kappa shape index (κ3) is 2.04. The normalized spacial score (nSPS) is 10.8. The first-order chi connectivity index (χ1) is 9.16. The minimum Gasteiger partial charge on any atom is -0.378 e. The first-order valence-electron chi connectivity index (χ1n) is 6.05. The molecule has 0 saturated carbocycles. The maximum Gasteiger partial charge on any atom is 0.312 e. The quantitative estimate of drug-likeness (QED) is 0.715. The lowest BCUT2D eigenvalue weighted by Crippen LogP contribution is -2.11. The monoisotopic (exact) mass is 270 g/mol. The number of thiazole rings is 1. The van der Waals surface area contributed by atoms with E-state index in [1.807, 2.05) is 67.5 Å². The molecule has 0 aliphatic heterocycles. The van der Waals surface area contributed by atoms with E-state index in [-0.39, 0.29) is 4.87 Å². The molecule has 0 amide bonds. The molecule has 0 unspecified atom stereocenters. The highest BCUT2D eigenvalue weighted by atomic mass is 32.1. The van der Waals surface area contributed by atoms with E-state index in [2.05, 4.69) is 0 Å². The Balaban J connectivity index is 2.19. The summed E-state index contributed by atoms with van der Waals surface area (Å²) in [6.45, 7) is 0. The minimum atomic E-state index is 0.0544. The summed E-state index contributed by atoms with van der Waals surface area (Å²) in [7, 11) is 4.00. The van der Waals surface area contributed by atoms with Crippen molar-refractivity contribution in [2.45, 2.75) is 0 Å². The summed E-state index contributed by atoms with van der Waals surface area (Å²) in [5, 5.41) is 0. The molecule has 3 aromatic rings. The van der Waals surface area contributed by atoms with Gasteiger partial charge in [-0.25, -0.2) is 0 Å². The average Bonchev–Trinajstić information content (AvgIpc) is 2.74. The fourth-order valence-electron chi connectivity index (χ4n) is 2.11. The predicted octanol–water partition coefficient (Wildman–Crippen LogP) is 3.12. The van der Waals surface area contributed by atoms with Gasteiger partial charge in [0.15, 0.2) is 0 Å². The van der Waals surface area contributed by atoms with Crippen molar-refractivity contribution in [2.24, 2.45) is 0 Å². The van der Waals surface area contributed by atoms with Crippen LogP contribution < -0.4 is 9.77 Å². The van der Waals surface area contributed by atoms with E-state index in [1.54, 1.807) is 4.57 Å². The third-order valence-corrected chi connectivity index (χ3v) is 4.03. The zero-order chi connectivity index (χ0) is 13.4. The van der Waals surface area contributed by atoms with Crippen molar-refractivity contribution < 1.29 is 0 Å². The molecule has 96 valence electrons. The van der Waals surface area contributed by atoms with Gasteiger partial charge in [-0.15, -0.1) is 0 Å². The predicted molar refractivity (Wildman–Crippen MR) is 81.7 cm³/mol. The van der Waals surface area contributed by atoms with Crippen LogP contribution in [0.4, 0.5) is 5.69 Å². The van der Waals surface area contributed by atoms with Gasteiger partial charge >= 0.3 is 4.87 Å². The SMILES string of the molecule is CN(C)c1ccc(-n2c(=O)sc3ccccc32)cc1. The van der Waals surface area contributed by atoms with Crippen molar-refractivity contribution in [3.63, 3.8) is 0 Å². The molecule has 3 rings (SSSR count). The second kappa shape index (κ2) is 4.55. The molecule has 3 nitrogen and oxygen atoms in total. The maximum atomic E-state index is 12.1. The van der Waals surface area contributed by atoms with Gasteiger partial charge < -0.3 is 4.90 Å². The van der Waals surface area contributed by atoms with Crippen LogP contribution in [-0.2, 0) is 0 Å². The molecule has 0 bridgehead atoms. The van der Waals surface area contributed by atoms with Gasteiger partial charge in [0.25, 0.3) is 0 Å². The van der Waals surface area contributed by atoms with Gasteiger partial charge in [0.05, 0.1) is 15.9 Å². The molecule has 0 atom stereocenters.